The maximum atomic E-state index is 6.08. The second kappa shape index (κ2) is 4.96. The number of hydrogen-bond donors (Lipinski definition) is 1. The van der Waals surface area contributed by atoms with Gasteiger partial charge in [0.05, 0.1) is 11.0 Å². The van der Waals surface area contributed by atoms with Crippen LogP contribution in [0.25, 0.3) is 16.7 Å². The Labute approximate surface area is 131 Å². The number of nitrogens with zero attached hydrogens (tertiary/aromatic N) is 4. The van der Waals surface area contributed by atoms with Gasteiger partial charge in [-0.15, -0.1) is 10.2 Å². The molecule has 108 valence electrons. The topological polar surface area (TPSA) is 55.1 Å². The van der Waals surface area contributed by atoms with Crippen LogP contribution in [-0.2, 0) is 0 Å². The zero-order valence-corrected chi connectivity index (χ0v) is 12.5. The minimum absolute atomic E-state index is 0.656. The van der Waals surface area contributed by atoms with E-state index in [-0.39, 0.29) is 0 Å². The summed E-state index contributed by atoms with van der Waals surface area (Å²) in [7, 11) is 0. The highest BCUT2D eigenvalue weighted by Crippen LogP contribution is 2.26. The minimum atomic E-state index is 0.656. The third kappa shape index (κ3) is 2.07. The molecule has 2 aromatic heterocycles. The number of rotatable bonds is 2. The van der Waals surface area contributed by atoms with E-state index in [0.717, 1.165) is 22.3 Å². The fraction of sp³-hybridized carbons (Fsp3) is 0.0625. The highest BCUT2D eigenvalue weighted by molar-refractivity contribution is 6.31. The molecule has 0 amide bonds. The summed E-state index contributed by atoms with van der Waals surface area (Å²) in [5.74, 6) is 0.668. The van der Waals surface area contributed by atoms with Crippen molar-refractivity contribution < 1.29 is 0 Å². The van der Waals surface area contributed by atoms with Crippen LogP contribution in [0.1, 0.15) is 5.56 Å². The molecule has 22 heavy (non-hydrogen) atoms. The third-order valence-electron chi connectivity index (χ3n) is 3.59. The predicted octanol–water partition coefficient (Wildman–Crippen LogP) is 3.98. The molecule has 2 heterocycles. The molecule has 0 bridgehead atoms. The van der Waals surface area contributed by atoms with E-state index >= 15 is 0 Å². The van der Waals surface area contributed by atoms with Crippen molar-refractivity contribution in [2.75, 3.05) is 5.32 Å². The average molecular weight is 310 g/mol. The standard InChI is InChI=1S/C16H12ClN5/c1-10-4-2-3-5-12(10)19-15-16-21-18-9-22(16)14-8-11(17)6-7-13(14)20-15/h2-9H,1H3,(H,19,20). The average Bonchev–Trinajstić information content (AvgIpc) is 3.00. The SMILES string of the molecule is Cc1ccccc1Nc1nc2ccc(Cl)cc2n2cnnc12. The van der Waals surface area contributed by atoms with Crippen molar-refractivity contribution in [1.29, 1.82) is 0 Å². The molecule has 5 nitrogen and oxygen atoms in total. The van der Waals surface area contributed by atoms with Gasteiger partial charge >= 0.3 is 0 Å². The van der Waals surface area contributed by atoms with E-state index in [1.54, 1.807) is 6.33 Å². The Morgan fingerprint density at radius 2 is 2.00 bits per heavy atom. The van der Waals surface area contributed by atoms with Crippen molar-refractivity contribution in [2.24, 2.45) is 0 Å². The van der Waals surface area contributed by atoms with Gasteiger partial charge in [0.2, 0.25) is 5.65 Å². The van der Waals surface area contributed by atoms with Crippen LogP contribution in [0.5, 0.6) is 0 Å². The molecule has 0 aliphatic carbocycles. The molecule has 0 fully saturated rings. The quantitative estimate of drug-likeness (QED) is 0.608. The van der Waals surface area contributed by atoms with Gasteiger partial charge < -0.3 is 5.32 Å². The van der Waals surface area contributed by atoms with E-state index in [1.165, 1.54) is 0 Å². The summed E-state index contributed by atoms with van der Waals surface area (Å²) in [4.78, 5) is 4.66. The van der Waals surface area contributed by atoms with E-state index in [0.29, 0.717) is 16.5 Å². The second-order valence-electron chi connectivity index (χ2n) is 5.06. The summed E-state index contributed by atoms with van der Waals surface area (Å²) >= 11 is 6.08. The van der Waals surface area contributed by atoms with Gasteiger partial charge in [-0.1, -0.05) is 29.8 Å². The van der Waals surface area contributed by atoms with E-state index in [9.17, 15) is 0 Å². The number of nitrogens with one attached hydrogen (secondary N) is 1. The molecule has 0 spiro atoms. The number of aryl methyl sites for hydroxylation is 1. The van der Waals surface area contributed by atoms with E-state index in [2.05, 4.69) is 20.5 Å². The maximum absolute atomic E-state index is 6.08. The molecule has 0 aliphatic rings. The summed E-state index contributed by atoms with van der Waals surface area (Å²) in [6, 6.07) is 13.6. The smallest absolute Gasteiger partial charge is 0.204 e. The van der Waals surface area contributed by atoms with Crippen molar-refractivity contribution in [3.05, 3.63) is 59.4 Å². The molecule has 0 unspecified atom stereocenters. The van der Waals surface area contributed by atoms with Gasteiger partial charge in [0.1, 0.15) is 6.33 Å². The van der Waals surface area contributed by atoms with Gasteiger partial charge in [-0.3, -0.25) is 4.40 Å². The number of para-hydroxylation sites is 1. The number of halogens is 1. The van der Waals surface area contributed by atoms with E-state index in [4.69, 9.17) is 11.6 Å². The van der Waals surface area contributed by atoms with Crippen LogP contribution in [0.15, 0.2) is 48.8 Å². The third-order valence-corrected chi connectivity index (χ3v) is 3.82. The fourth-order valence-corrected chi connectivity index (χ4v) is 2.62. The van der Waals surface area contributed by atoms with Crippen molar-refractivity contribution in [3.63, 3.8) is 0 Å². The first-order valence-corrected chi connectivity index (χ1v) is 7.22. The molecule has 0 saturated carbocycles. The first-order chi connectivity index (χ1) is 10.7. The molecular formula is C16H12ClN5. The molecule has 2 aromatic carbocycles. The first-order valence-electron chi connectivity index (χ1n) is 6.84. The van der Waals surface area contributed by atoms with Gasteiger partial charge in [-0.25, -0.2) is 4.98 Å². The van der Waals surface area contributed by atoms with Gasteiger partial charge in [0.15, 0.2) is 5.82 Å². The van der Waals surface area contributed by atoms with Crippen molar-refractivity contribution in [3.8, 4) is 0 Å². The van der Waals surface area contributed by atoms with Gasteiger partial charge in [-0.05, 0) is 36.8 Å². The van der Waals surface area contributed by atoms with Crippen molar-refractivity contribution in [2.45, 2.75) is 6.92 Å². The summed E-state index contributed by atoms with van der Waals surface area (Å²) in [5, 5.41) is 12.2. The minimum Gasteiger partial charge on any atom is -0.337 e. The Kier molecular flexibility index (Phi) is 2.94. The molecule has 4 aromatic rings. The van der Waals surface area contributed by atoms with Crippen LogP contribution in [-0.4, -0.2) is 19.6 Å². The number of benzene rings is 2. The van der Waals surface area contributed by atoms with Crippen LogP contribution >= 0.6 is 11.6 Å². The summed E-state index contributed by atoms with van der Waals surface area (Å²) in [5.41, 5.74) is 4.50. The Balaban J connectivity index is 1.95. The summed E-state index contributed by atoms with van der Waals surface area (Å²) in [6.45, 7) is 2.05. The lowest BCUT2D eigenvalue weighted by Gasteiger charge is -2.11. The highest BCUT2D eigenvalue weighted by atomic mass is 35.5. The number of anilines is 2. The number of hydrogen-bond acceptors (Lipinski definition) is 4. The maximum Gasteiger partial charge on any atom is 0.204 e. The largest absolute Gasteiger partial charge is 0.337 e. The Morgan fingerprint density at radius 1 is 1.14 bits per heavy atom. The monoisotopic (exact) mass is 309 g/mol. The molecule has 6 heteroatoms. The molecule has 1 N–H and O–H groups in total. The van der Waals surface area contributed by atoms with Crippen LogP contribution < -0.4 is 5.32 Å². The van der Waals surface area contributed by atoms with Crippen LogP contribution in [0.2, 0.25) is 5.02 Å². The predicted molar refractivity (Wildman–Crippen MR) is 87.8 cm³/mol. The van der Waals surface area contributed by atoms with Crippen molar-refractivity contribution >= 4 is 39.8 Å². The second-order valence-corrected chi connectivity index (χ2v) is 5.49. The lowest BCUT2D eigenvalue weighted by Crippen LogP contribution is -2.01. The van der Waals surface area contributed by atoms with Crippen molar-refractivity contribution in [1.82, 2.24) is 19.6 Å². The van der Waals surface area contributed by atoms with Crippen LogP contribution in [0.4, 0.5) is 11.5 Å². The zero-order chi connectivity index (χ0) is 15.1. The van der Waals surface area contributed by atoms with Gasteiger partial charge in [0, 0.05) is 10.7 Å². The van der Waals surface area contributed by atoms with Crippen LogP contribution in [0, 0.1) is 6.92 Å². The number of aromatic nitrogens is 4. The van der Waals surface area contributed by atoms with Crippen LogP contribution in [0.3, 0.4) is 0 Å². The lowest BCUT2D eigenvalue weighted by molar-refractivity contribution is 1.11. The lowest BCUT2D eigenvalue weighted by atomic mass is 10.2. The fourth-order valence-electron chi connectivity index (χ4n) is 2.45. The number of fused-ring (bicyclic) bond motifs is 3. The zero-order valence-electron chi connectivity index (χ0n) is 11.8. The molecule has 0 atom stereocenters. The summed E-state index contributed by atoms with van der Waals surface area (Å²) < 4.78 is 1.88. The normalized spacial score (nSPS) is 11.2. The Bertz CT molecular complexity index is 992. The molecule has 4 rings (SSSR count). The Hall–Kier alpha value is -2.66. The molecule has 0 aliphatic heterocycles. The molecule has 0 saturated heterocycles. The van der Waals surface area contributed by atoms with Gasteiger partial charge in [-0.2, -0.15) is 0 Å². The summed E-state index contributed by atoms with van der Waals surface area (Å²) in [6.07, 6.45) is 1.67. The van der Waals surface area contributed by atoms with Gasteiger partial charge in [0.25, 0.3) is 0 Å². The Morgan fingerprint density at radius 3 is 2.86 bits per heavy atom. The van der Waals surface area contributed by atoms with E-state index in [1.807, 2.05) is 53.8 Å². The molecule has 0 radical (unpaired) electrons. The highest BCUT2D eigenvalue weighted by Gasteiger charge is 2.11. The molecular weight excluding hydrogens is 298 g/mol. The first kappa shape index (κ1) is 13.0. The van der Waals surface area contributed by atoms with E-state index < -0.39 is 0 Å².